The van der Waals surface area contributed by atoms with E-state index in [9.17, 15) is 9.59 Å². The van der Waals surface area contributed by atoms with E-state index in [1.807, 2.05) is 0 Å². The third-order valence-electron chi connectivity index (χ3n) is 0.717. The molecule has 0 unspecified atom stereocenters. The molecule has 0 aromatic heterocycles. The maximum Gasteiger partial charge on any atom is 0.407 e. The number of rotatable bonds is 4. The van der Waals surface area contributed by atoms with E-state index in [0.29, 0.717) is 0 Å². The normalized spacial score (nSPS) is 8.36. The van der Waals surface area contributed by atoms with E-state index >= 15 is 0 Å². The molecule has 0 radical (unpaired) electrons. The standard InChI is InChI=1S/C6H9NO4/c1-2-3-7-6(10)11-4-5(8)9/h2H,1,3-4H2,(H,7,10)(H,8,9). The Morgan fingerprint density at radius 1 is 1.64 bits per heavy atom. The number of amides is 1. The number of carbonyl (C=O) groups excluding carboxylic acids is 1. The molecule has 5 nitrogen and oxygen atoms in total. The summed E-state index contributed by atoms with van der Waals surface area (Å²) in [5, 5.41) is 10.3. The largest absolute Gasteiger partial charge is 0.479 e. The lowest BCUT2D eigenvalue weighted by Gasteiger charge is -2.00. The first-order valence-electron chi connectivity index (χ1n) is 2.90. The number of carbonyl (C=O) groups is 2. The van der Waals surface area contributed by atoms with Crippen LogP contribution in [0.2, 0.25) is 0 Å². The number of hydrogen-bond donors (Lipinski definition) is 2. The van der Waals surface area contributed by atoms with E-state index in [2.05, 4.69) is 16.6 Å². The van der Waals surface area contributed by atoms with Crippen LogP contribution in [0.5, 0.6) is 0 Å². The molecule has 0 bridgehead atoms. The molecule has 2 N–H and O–H groups in total. The first kappa shape index (κ1) is 9.48. The Morgan fingerprint density at radius 3 is 2.73 bits per heavy atom. The van der Waals surface area contributed by atoms with E-state index in [4.69, 9.17) is 5.11 Å². The molecule has 0 rings (SSSR count). The van der Waals surface area contributed by atoms with E-state index in [-0.39, 0.29) is 6.54 Å². The van der Waals surface area contributed by atoms with Gasteiger partial charge in [0.1, 0.15) is 0 Å². The summed E-state index contributed by atoms with van der Waals surface area (Å²) in [6.45, 7) is 2.98. The summed E-state index contributed by atoms with van der Waals surface area (Å²) in [5.74, 6) is -1.18. The molecule has 0 aliphatic carbocycles. The van der Waals surface area contributed by atoms with E-state index in [1.54, 1.807) is 0 Å². The van der Waals surface area contributed by atoms with Crippen LogP contribution in [0, 0.1) is 0 Å². The van der Waals surface area contributed by atoms with E-state index in [0.717, 1.165) is 0 Å². The minimum atomic E-state index is -1.18. The second kappa shape index (κ2) is 5.28. The van der Waals surface area contributed by atoms with E-state index in [1.165, 1.54) is 6.08 Å². The van der Waals surface area contributed by atoms with E-state index < -0.39 is 18.7 Å². The summed E-state index contributed by atoms with van der Waals surface area (Å²) in [7, 11) is 0. The number of aliphatic carboxylic acids is 1. The second-order valence-corrected chi connectivity index (χ2v) is 1.64. The zero-order valence-electron chi connectivity index (χ0n) is 5.87. The van der Waals surface area contributed by atoms with Gasteiger partial charge in [0, 0.05) is 6.54 Å². The fourth-order valence-electron chi connectivity index (χ4n) is 0.334. The average molecular weight is 159 g/mol. The Balaban J connectivity index is 3.37. The molecule has 0 aromatic carbocycles. The average Bonchev–Trinajstić information content (AvgIpc) is 1.97. The zero-order valence-corrected chi connectivity index (χ0v) is 5.87. The number of hydrogen-bond acceptors (Lipinski definition) is 3. The molecule has 0 aliphatic heterocycles. The summed E-state index contributed by atoms with van der Waals surface area (Å²) >= 11 is 0. The summed E-state index contributed by atoms with van der Waals surface area (Å²) in [5.41, 5.74) is 0. The topological polar surface area (TPSA) is 75.6 Å². The molecule has 5 heteroatoms. The minimum Gasteiger partial charge on any atom is -0.479 e. The molecule has 0 saturated heterocycles. The molecule has 0 aliphatic rings. The second-order valence-electron chi connectivity index (χ2n) is 1.64. The summed E-state index contributed by atoms with van der Waals surface area (Å²) in [6, 6.07) is 0. The Labute approximate surface area is 63.7 Å². The van der Waals surface area contributed by atoms with Gasteiger partial charge in [0.25, 0.3) is 0 Å². The highest BCUT2D eigenvalue weighted by Crippen LogP contribution is 1.76. The van der Waals surface area contributed by atoms with Crippen LogP contribution in [0.25, 0.3) is 0 Å². The summed E-state index contributed by atoms with van der Waals surface area (Å²) in [4.78, 5) is 20.3. The Morgan fingerprint density at radius 2 is 2.27 bits per heavy atom. The maximum absolute atomic E-state index is 10.5. The van der Waals surface area contributed by atoms with Gasteiger partial charge < -0.3 is 15.2 Å². The van der Waals surface area contributed by atoms with Crippen molar-refractivity contribution in [3.8, 4) is 0 Å². The van der Waals surface area contributed by atoms with Crippen molar-refractivity contribution >= 4 is 12.1 Å². The highest BCUT2D eigenvalue weighted by molar-refractivity contribution is 5.74. The number of nitrogens with one attached hydrogen (secondary N) is 1. The molecule has 1 amide bonds. The van der Waals surface area contributed by atoms with Crippen molar-refractivity contribution in [2.75, 3.05) is 13.2 Å². The maximum atomic E-state index is 10.5. The fraction of sp³-hybridized carbons (Fsp3) is 0.333. The van der Waals surface area contributed by atoms with Crippen molar-refractivity contribution in [1.82, 2.24) is 5.32 Å². The van der Waals surface area contributed by atoms with Crippen molar-refractivity contribution in [3.63, 3.8) is 0 Å². The molecule has 0 heterocycles. The molecule has 0 spiro atoms. The lowest BCUT2D eigenvalue weighted by Crippen LogP contribution is -2.26. The van der Waals surface area contributed by atoms with Crippen molar-refractivity contribution < 1.29 is 19.4 Å². The zero-order chi connectivity index (χ0) is 8.69. The highest BCUT2D eigenvalue weighted by atomic mass is 16.6. The summed E-state index contributed by atoms with van der Waals surface area (Å²) in [6.07, 6.45) is 0.703. The van der Waals surface area contributed by atoms with Gasteiger partial charge in [-0.15, -0.1) is 6.58 Å². The van der Waals surface area contributed by atoms with Crippen LogP contribution >= 0.6 is 0 Å². The van der Waals surface area contributed by atoms with Crippen LogP contribution in [0.1, 0.15) is 0 Å². The van der Waals surface area contributed by atoms with Gasteiger partial charge >= 0.3 is 12.1 Å². The molecular weight excluding hydrogens is 150 g/mol. The number of ether oxygens (including phenoxy) is 1. The third kappa shape index (κ3) is 6.36. The fourth-order valence-corrected chi connectivity index (χ4v) is 0.334. The van der Waals surface area contributed by atoms with Crippen LogP contribution in [0.3, 0.4) is 0 Å². The quantitative estimate of drug-likeness (QED) is 0.565. The van der Waals surface area contributed by atoms with Gasteiger partial charge in [-0.25, -0.2) is 9.59 Å². The van der Waals surface area contributed by atoms with Crippen molar-refractivity contribution in [1.29, 1.82) is 0 Å². The molecular formula is C6H9NO4. The first-order chi connectivity index (χ1) is 5.16. The smallest absolute Gasteiger partial charge is 0.407 e. The monoisotopic (exact) mass is 159 g/mol. The number of carboxylic acids is 1. The van der Waals surface area contributed by atoms with Gasteiger partial charge in [0.05, 0.1) is 0 Å². The molecule has 62 valence electrons. The Bertz CT molecular complexity index is 166. The van der Waals surface area contributed by atoms with Gasteiger partial charge in [-0.05, 0) is 0 Å². The molecule has 0 fully saturated rings. The van der Waals surface area contributed by atoms with Gasteiger partial charge in [-0.3, -0.25) is 0 Å². The predicted molar refractivity (Wildman–Crippen MR) is 37.2 cm³/mol. The van der Waals surface area contributed by atoms with Gasteiger partial charge in [0.2, 0.25) is 0 Å². The van der Waals surface area contributed by atoms with Crippen LogP contribution in [-0.2, 0) is 9.53 Å². The molecule has 11 heavy (non-hydrogen) atoms. The lowest BCUT2D eigenvalue weighted by molar-refractivity contribution is -0.140. The van der Waals surface area contributed by atoms with Crippen LogP contribution < -0.4 is 5.32 Å². The molecule has 0 atom stereocenters. The van der Waals surface area contributed by atoms with Gasteiger partial charge in [-0.1, -0.05) is 6.08 Å². The molecule has 0 aromatic rings. The highest BCUT2D eigenvalue weighted by Gasteiger charge is 2.02. The van der Waals surface area contributed by atoms with Crippen LogP contribution in [-0.4, -0.2) is 30.3 Å². The lowest BCUT2D eigenvalue weighted by atomic mass is 10.6. The van der Waals surface area contributed by atoms with Crippen molar-refractivity contribution in [3.05, 3.63) is 12.7 Å². The minimum absolute atomic E-state index is 0.262. The van der Waals surface area contributed by atoms with Gasteiger partial charge in [0.15, 0.2) is 6.61 Å². The number of carboxylic acid groups (broad SMARTS) is 1. The summed E-state index contributed by atoms with van der Waals surface area (Å²) < 4.78 is 4.21. The van der Waals surface area contributed by atoms with Gasteiger partial charge in [-0.2, -0.15) is 0 Å². The van der Waals surface area contributed by atoms with Crippen LogP contribution in [0.15, 0.2) is 12.7 Å². The SMILES string of the molecule is C=CCNC(=O)OCC(=O)O. The Hall–Kier alpha value is -1.52. The third-order valence-corrected chi connectivity index (χ3v) is 0.717. The first-order valence-corrected chi connectivity index (χ1v) is 2.90. The predicted octanol–water partition coefficient (Wildman–Crippen LogP) is -0.0168. The molecule has 0 saturated carbocycles. The van der Waals surface area contributed by atoms with Crippen molar-refractivity contribution in [2.45, 2.75) is 0 Å². The Kier molecular flexibility index (Phi) is 4.55. The number of alkyl carbamates (subject to hydrolysis) is 1. The van der Waals surface area contributed by atoms with Crippen LogP contribution in [0.4, 0.5) is 4.79 Å². The van der Waals surface area contributed by atoms with Crippen molar-refractivity contribution in [2.24, 2.45) is 0 Å².